The van der Waals surface area contributed by atoms with E-state index in [-0.39, 0.29) is 5.75 Å². The van der Waals surface area contributed by atoms with Crippen LogP contribution < -0.4 is 5.43 Å². The Morgan fingerprint density at radius 1 is 1.18 bits per heavy atom. The van der Waals surface area contributed by atoms with Crippen LogP contribution in [0.2, 0.25) is 0 Å². The van der Waals surface area contributed by atoms with E-state index < -0.39 is 22.3 Å². The van der Waals surface area contributed by atoms with Crippen molar-refractivity contribution in [2.75, 3.05) is 0 Å². The van der Waals surface area contributed by atoms with Gasteiger partial charge in [0.05, 0.1) is 11.1 Å². The van der Waals surface area contributed by atoms with Crippen LogP contribution in [-0.2, 0) is 0 Å². The van der Waals surface area contributed by atoms with E-state index in [9.17, 15) is 20.0 Å². The topological polar surface area (TPSA) is 125 Å². The van der Waals surface area contributed by atoms with Crippen LogP contribution >= 0.6 is 0 Å². The fourth-order valence-corrected chi connectivity index (χ4v) is 1.61. The zero-order valence-corrected chi connectivity index (χ0v) is 11.1. The van der Waals surface area contributed by atoms with E-state index >= 15 is 0 Å². The van der Waals surface area contributed by atoms with Crippen LogP contribution in [0.5, 0.6) is 11.5 Å². The van der Waals surface area contributed by atoms with Crippen LogP contribution in [0, 0.1) is 10.1 Å². The predicted octanol–water partition coefficient (Wildman–Crippen LogP) is 1.77. The molecule has 0 spiro atoms. The van der Waals surface area contributed by atoms with Crippen LogP contribution in [0.25, 0.3) is 0 Å². The average molecular weight is 301 g/mol. The molecule has 2 aromatic carbocycles. The Labute approximate surface area is 124 Å². The van der Waals surface area contributed by atoms with E-state index in [1.165, 1.54) is 42.6 Å². The maximum atomic E-state index is 11.7. The highest BCUT2D eigenvalue weighted by molar-refractivity contribution is 5.95. The molecule has 112 valence electrons. The van der Waals surface area contributed by atoms with Gasteiger partial charge in [-0.25, -0.2) is 5.43 Å². The molecule has 0 saturated heterocycles. The molecule has 1 amide bonds. The number of rotatable bonds is 4. The van der Waals surface area contributed by atoms with Crippen molar-refractivity contribution < 1.29 is 19.9 Å². The smallest absolute Gasteiger partial charge is 0.311 e. The molecule has 22 heavy (non-hydrogen) atoms. The third-order valence-corrected chi connectivity index (χ3v) is 2.71. The number of hydrogen-bond acceptors (Lipinski definition) is 6. The summed E-state index contributed by atoms with van der Waals surface area (Å²) in [5.74, 6) is -0.906. The Morgan fingerprint density at radius 3 is 2.50 bits per heavy atom. The van der Waals surface area contributed by atoms with Gasteiger partial charge < -0.3 is 10.2 Å². The summed E-state index contributed by atoms with van der Waals surface area (Å²) in [7, 11) is 0. The third-order valence-electron chi connectivity index (χ3n) is 2.71. The Hall–Kier alpha value is -3.42. The molecule has 0 aliphatic heterocycles. The summed E-state index contributed by atoms with van der Waals surface area (Å²) in [6.45, 7) is 0. The number of benzene rings is 2. The summed E-state index contributed by atoms with van der Waals surface area (Å²) in [5.41, 5.74) is 2.44. The van der Waals surface area contributed by atoms with Crippen LogP contribution in [0.3, 0.4) is 0 Å². The molecule has 0 heterocycles. The van der Waals surface area contributed by atoms with Crippen molar-refractivity contribution in [3.8, 4) is 11.5 Å². The molecule has 0 aromatic heterocycles. The first kappa shape index (κ1) is 15.0. The van der Waals surface area contributed by atoms with Crippen molar-refractivity contribution in [2.45, 2.75) is 0 Å². The molecule has 0 radical (unpaired) electrons. The van der Waals surface area contributed by atoms with E-state index in [1.807, 2.05) is 0 Å². The van der Waals surface area contributed by atoms with Gasteiger partial charge in [0.1, 0.15) is 5.75 Å². The summed E-state index contributed by atoms with van der Waals surface area (Å²) in [4.78, 5) is 21.7. The van der Waals surface area contributed by atoms with Crippen molar-refractivity contribution in [1.29, 1.82) is 0 Å². The fourth-order valence-electron chi connectivity index (χ4n) is 1.61. The molecule has 0 saturated carbocycles. The fraction of sp³-hybridized carbons (Fsp3) is 0. The second-order valence-corrected chi connectivity index (χ2v) is 4.25. The largest absolute Gasteiger partial charge is 0.508 e. The first-order valence-corrected chi connectivity index (χ1v) is 6.07. The highest BCUT2D eigenvalue weighted by Crippen LogP contribution is 2.25. The number of nitrogens with zero attached hydrogens (tertiary/aromatic N) is 2. The lowest BCUT2D eigenvalue weighted by atomic mass is 10.2. The molecule has 8 heteroatoms. The number of amides is 1. The third kappa shape index (κ3) is 3.57. The predicted molar refractivity (Wildman–Crippen MR) is 77.9 cm³/mol. The highest BCUT2D eigenvalue weighted by Gasteiger charge is 2.12. The monoisotopic (exact) mass is 301 g/mol. The molecular formula is C14H11N3O5. The molecule has 2 rings (SSSR count). The van der Waals surface area contributed by atoms with Crippen molar-refractivity contribution in [3.05, 3.63) is 63.7 Å². The highest BCUT2D eigenvalue weighted by atomic mass is 16.6. The number of carbonyl (C=O) groups is 1. The minimum absolute atomic E-state index is 0.0384. The second-order valence-electron chi connectivity index (χ2n) is 4.25. The van der Waals surface area contributed by atoms with Gasteiger partial charge in [0.25, 0.3) is 5.91 Å². The van der Waals surface area contributed by atoms with Crippen LogP contribution in [0.15, 0.2) is 47.6 Å². The van der Waals surface area contributed by atoms with Gasteiger partial charge in [-0.05, 0) is 36.4 Å². The SMILES string of the molecule is O=C(N/N=C/c1ccc(O)c([N+](=O)[O-])c1)c1ccc(O)cc1. The number of nitro groups is 1. The first-order chi connectivity index (χ1) is 10.5. The number of phenolic OH excluding ortho intramolecular Hbond substituents is 2. The van der Waals surface area contributed by atoms with Crippen LogP contribution in [-0.4, -0.2) is 27.3 Å². The molecule has 0 atom stereocenters. The molecular weight excluding hydrogens is 290 g/mol. The lowest BCUT2D eigenvalue weighted by Gasteiger charge is -2.00. The van der Waals surface area contributed by atoms with E-state index in [4.69, 9.17) is 5.11 Å². The molecule has 0 bridgehead atoms. The summed E-state index contributed by atoms with van der Waals surface area (Å²) in [6, 6.07) is 9.28. The number of nitrogens with one attached hydrogen (secondary N) is 1. The Bertz CT molecular complexity index is 741. The maximum absolute atomic E-state index is 11.7. The van der Waals surface area contributed by atoms with E-state index in [0.717, 1.165) is 6.07 Å². The molecule has 2 aromatic rings. The van der Waals surface area contributed by atoms with Gasteiger partial charge in [0.2, 0.25) is 0 Å². The van der Waals surface area contributed by atoms with Gasteiger partial charge in [0, 0.05) is 17.2 Å². The number of phenols is 2. The average Bonchev–Trinajstić information content (AvgIpc) is 2.49. The standard InChI is InChI=1S/C14H11N3O5/c18-11-4-2-10(3-5-11)14(20)16-15-8-9-1-6-13(19)12(7-9)17(21)22/h1-8,18-19H,(H,16,20)/b15-8+. The van der Waals surface area contributed by atoms with Gasteiger partial charge in [-0.2, -0.15) is 5.10 Å². The molecule has 0 fully saturated rings. The lowest BCUT2D eigenvalue weighted by Crippen LogP contribution is -2.17. The Balaban J connectivity index is 2.06. The van der Waals surface area contributed by atoms with E-state index in [2.05, 4.69) is 10.5 Å². The first-order valence-electron chi connectivity index (χ1n) is 6.07. The molecule has 0 aliphatic carbocycles. The Morgan fingerprint density at radius 2 is 1.86 bits per heavy atom. The summed E-state index contributed by atoms with van der Waals surface area (Å²) in [5, 5.41) is 32.8. The minimum Gasteiger partial charge on any atom is -0.508 e. The molecule has 0 aliphatic rings. The zero-order chi connectivity index (χ0) is 16.1. The summed E-state index contributed by atoms with van der Waals surface area (Å²) >= 11 is 0. The van der Waals surface area contributed by atoms with Gasteiger partial charge in [-0.1, -0.05) is 0 Å². The van der Waals surface area contributed by atoms with Crippen LogP contribution in [0.1, 0.15) is 15.9 Å². The van der Waals surface area contributed by atoms with Crippen molar-refractivity contribution in [2.24, 2.45) is 5.10 Å². The summed E-state index contributed by atoms with van der Waals surface area (Å²) in [6.07, 6.45) is 1.21. The quantitative estimate of drug-likeness (QED) is 0.451. The van der Waals surface area contributed by atoms with Crippen LogP contribution in [0.4, 0.5) is 5.69 Å². The maximum Gasteiger partial charge on any atom is 0.311 e. The number of nitro benzene ring substituents is 1. The lowest BCUT2D eigenvalue weighted by molar-refractivity contribution is -0.385. The van der Waals surface area contributed by atoms with E-state index in [1.54, 1.807) is 0 Å². The van der Waals surface area contributed by atoms with Crippen molar-refractivity contribution in [3.63, 3.8) is 0 Å². The normalized spacial score (nSPS) is 10.5. The van der Waals surface area contributed by atoms with Gasteiger partial charge >= 0.3 is 5.69 Å². The zero-order valence-electron chi connectivity index (χ0n) is 11.1. The summed E-state index contributed by atoms with van der Waals surface area (Å²) < 4.78 is 0. The van der Waals surface area contributed by atoms with E-state index in [0.29, 0.717) is 11.1 Å². The molecule has 3 N–H and O–H groups in total. The number of hydrazone groups is 1. The van der Waals surface area contributed by atoms with Gasteiger partial charge in [-0.15, -0.1) is 0 Å². The Kier molecular flexibility index (Phi) is 4.33. The minimum atomic E-state index is -0.721. The van der Waals surface area contributed by atoms with Crippen molar-refractivity contribution >= 4 is 17.8 Å². The number of hydrogen-bond donors (Lipinski definition) is 3. The van der Waals surface area contributed by atoms with Crippen molar-refractivity contribution in [1.82, 2.24) is 5.43 Å². The van der Waals surface area contributed by atoms with Gasteiger partial charge in [-0.3, -0.25) is 14.9 Å². The number of aromatic hydroxyl groups is 2. The molecule has 8 nitrogen and oxygen atoms in total. The number of carbonyl (C=O) groups excluding carboxylic acids is 1. The second kappa shape index (κ2) is 6.35. The molecule has 0 unspecified atom stereocenters. The van der Waals surface area contributed by atoms with Gasteiger partial charge in [0.15, 0.2) is 5.75 Å².